The highest BCUT2D eigenvalue weighted by atomic mass is 32.2. The molecule has 1 atom stereocenters. The zero-order valence-electron chi connectivity index (χ0n) is 8.75. The van der Waals surface area contributed by atoms with E-state index in [4.69, 9.17) is 4.55 Å². The van der Waals surface area contributed by atoms with Crippen molar-refractivity contribution in [3.63, 3.8) is 0 Å². The van der Waals surface area contributed by atoms with E-state index in [-0.39, 0.29) is 0 Å². The summed E-state index contributed by atoms with van der Waals surface area (Å²) in [6.45, 7) is 1.94. The van der Waals surface area contributed by atoms with Crippen LogP contribution in [0, 0.1) is 6.92 Å². The molecule has 0 saturated heterocycles. The van der Waals surface area contributed by atoms with Gasteiger partial charge in [0.15, 0.2) is 11.1 Å². The molecular formula is C12H11NO2S. The molecule has 2 aromatic rings. The van der Waals surface area contributed by atoms with Gasteiger partial charge in [0, 0.05) is 17.5 Å². The van der Waals surface area contributed by atoms with Crippen molar-refractivity contribution < 1.29 is 8.76 Å². The molecule has 0 spiro atoms. The Morgan fingerprint density at radius 1 is 1.19 bits per heavy atom. The predicted octanol–water partition coefficient (Wildman–Crippen LogP) is 2.64. The summed E-state index contributed by atoms with van der Waals surface area (Å²) >= 11 is -1.91. The van der Waals surface area contributed by atoms with Crippen LogP contribution in [0.25, 0.3) is 11.1 Å². The molecular weight excluding hydrogens is 222 g/mol. The van der Waals surface area contributed by atoms with Gasteiger partial charge < -0.3 is 4.55 Å². The maximum atomic E-state index is 10.8. The van der Waals surface area contributed by atoms with Crippen molar-refractivity contribution in [3.8, 4) is 11.1 Å². The molecule has 82 valence electrons. The molecule has 0 saturated carbocycles. The summed E-state index contributed by atoms with van der Waals surface area (Å²) in [6, 6.07) is 10.8. The average molecular weight is 233 g/mol. The van der Waals surface area contributed by atoms with E-state index in [1.54, 1.807) is 18.3 Å². The molecule has 1 heterocycles. The molecule has 0 aliphatic heterocycles. The lowest BCUT2D eigenvalue weighted by Gasteiger charge is -2.04. The first-order valence-corrected chi connectivity index (χ1v) is 5.92. The van der Waals surface area contributed by atoms with Gasteiger partial charge in [-0.25, -0.2) is 4.21 Å². The van der Waals surface area contributed by atoms with Crippen LogP contribution in [0.4, 0.5) is 0 Å². The van der Waals surface area contributed by atoms with Gasteiger partial charge in [-0.2, -0.15) is 0 Å². The van der Waals surface area contributed by atoms with Crippen molar-refractivity contribution in [2.45, 2.75) is 11.8 Å². The Morgan fingerprint density at radius 2 is 1.88 bits per heavy atom. The second-order valence-corrected chi connectivity index (χ2v) is 4.38. The van der Waals surface area contributed by atoms with Crippen LogP contribution >= 0.6 is 0 Å². The van der Waals surface area contributed by atoms with Gasteiger partial charge in [0.2, 0.25) is 0 Å². The summed E-state index contributed by atoms with van der Waals surface area (Å²) in [7, 11) is 0. The van der Waals surface area contributed by atoms with Crippen molar-refractivity contribution in [3.05, 3.63) is 48.3 Å². The van der Waals surface area contributed by atoms with E-state index >= 15 is 0 Å². The molecule has 1 N–H and O–H groups in total. The zero-order chi connectivity index (χ0) is 11.5. The highest BCUT2D eigenvalue weighted by molar-refractivity contribution is 7.79. The molecule has 0 radical (unpaired) electrons. The van der Waals surface area contributed by atoms with Gasteiger partial charge in [0.25, 0.3) is 0 Å². The summed E-state index contributed by atoms with van der Waals surface area (Å²) in [6.07, 6.45) is 1.75. The number of nitrogens with zero attached hydrogens (tertiary/aromatic N) is 1. The fourth-order valence-corrected chi connectivity index (χ4v) is 1.91. The number of rotatable bonds is 2. The van der Waals surface area contributed by atoms with Gasteiger partial charge in [0.05, 0.1) is 4.90 Å². The van der Waals surface area contributed by atoms with Gasteiger partial charge in [-0.15, -0.1) is 0 Å². The van der Waals surface area contributed by atoms with Crippen LogP contribution in [-0.2, 0) is 11.1 Å². The molecule has 1 aromatic heterocycles. The SMILES string of the molecule is Cc1ncccc1-c1ccc(S(=O)O)cc1. The summed E-state index contributed by atoms with van der Waals surface area (Å²) in [5.41, 5.74) is 2.98. The maximum absolute atomic E-state index is 10.8. The van der Waals surface area contributed by atoms with Crippen LogP contribution < -0.4 is 0 Å². The van der Waals surface area contributed by atoms with Crippen molar-refractivity contribution in [1.29, 1.82) is 0 Å². The van der Waals surface area contributed by atoms with Crippen LogP contribution in [0.1, 0.15) is 5.69 Å². The summed E-state index contributed by atoms with van der Waals surface area (Å²) in [4.78, 5) is 4.61. The molecule has 0 aliphatic rings. The third kappa shape index (κ3) is 2.18. The number of benzene rings is 1. The highest BCUT2D eigenvalue weighted by Crippen LogP contribution is 2.22. The zero-order valence-corrected chi connectivity index (χ0v) is 9.57. The summed E-state index contributed by atoms with van der Waals surface area (Å²) in [5, 5.41) is 0. The smallest absolute Gasteiger partial charge is 0.186 e. The van der Waals surface area contributed by atoms with Crippen molar-refractivity contribution in [2.24, 2.45) is 0 Å². The fourth-order valence-electron chi connectivity index (χ4n) is 1.54. The van der Waals surface area contributed by atoms with Gasteiger partial charge in [-0.1, -0.05) is 18.2 Å². The second-order valence-electron chi connectivity index (χ2n) is 3.41. The third-order valence-electron chi connectivity index (χ3n) is 2.37. The van der Waals surface area contributed by atoms with E-state index in [1.165, 1.54) is 0 Å². The van der Waals surface area contributed by atoms with Crippen molar-refractivity contribution in [1.82, 2.24) is 4.98 Å². The largest absolute Gasteiger partial charge is 0.302 e. The number of pyridine rings is 1. The lowest BCUT2D eigenvalue weighted by molar-refractivity contribution is 0.564. The molecule has 4 heteroatoms. The highest BCUT2D eigenvalue weighted by Gasteiger charge is 2.03. The van der Waals surface area contributed by atoms with Gasteiger partial charge in [-0.3, -0.25) is 4.98 Å². The summed E-state index contributed by atoms with van der Waals surface area (Å²) in [5.74, 6) is 0. The Balaban J connectivity index is 2.43. The van der Waals surface area contributed by atoms with Gasteiger partial charge in [0.1, 0.15) is 0 Å². The number of aromatic nitrogens is 1. The average Bonchev–Trinajstić information content (AvgIpc) is 2.30. The molecule has 16 heavy (non-hydrogen) atoms. The maximum Gasteiger partial charge on any atom is 0.186 e. The first-order chi connectivity index (χ1) is 7.68. The second kappa shape index (κ2) is 4.55. The number of hydrogen-bond donors (Lipinski definition) is 1. The molecule has 0 bridgehead atoms. The Hall–Kier alpha value is -1.52. The Kier molecular flexibility index (Phi) is 3.12. The lowest BCUT2D eigenvalue weighted by Crippen LogP contribution is -1.89. The fraction of sp³-hybridized carbons (Fsp3) is 0.0833. The Bertz CT molecular complexity index is 523. The topological polar surface area (TPSA) is 50.2 Å². The Morgan fingerprint density at radius 3 is 2.44 bits per heavy atom. The van der Waals surface area contributed by atoms with E-state index < -0.39 is 11.1 Å². The van der Waals surface area contributed by atoms with Crippen LogP contribution in [-0.4, -0.2) is 13.7 Å². The van der Waals surface area contributed by atoms with Gasteiger partial charge in [-0.05, 0) is 30.7 Å². The quantitative estimate of drug-likeness (QED) is 0.811. The van der Waals surface area contributed by atoms with E-state index in [9.17, 15) is 4.21 Å². The molecule has 1 unspecified atom stereocenters. The van der Waals surface area contributed by atoms with Crippen LogP contribution in [0.2, 0.25) is 0 Å². The lowest BCUT2D eigenvalue weighted by atomic mass is 10.1. The van der Waals surface area contributed by atoms with E-state index in [1.807, 2.05) is 31.2 Å². The van der Waals surface area contributed by atoms with Gasteiger partial charge >= 0.3 is 0 Å². The minimum atomic E-state index is -1.91. The van der Waals surface area contributed by atoms with Crippen molar-refractivity contribution >= 4 is 11.1 Å². The molecule has 0 amide bonds. The summed E-state index contributed by atoms with van der Waals surface area (Å²) < 4.78 is 19.7. The third-order valence-corrected chi connectivity index (χ3v) is 3.05. The first kappa shape index (κ1) is 11.0. The molecule has 0 aliphatic carbocycles. The van der Waals surface area contributed by atoms with Crippen LogP contribution in [0.5, 0.6) is 0 Å². The standard InChI is InChI=1S/C12H11NO2S/c1-9-12(3-2-8-13-9)10-4-6-11(7-5-10)16(14)15/h2-8H,1H3,(H,14,15). The van der Waals surface area contributed by atoms with E-state index in [0.29, 0.717) is 4.90 Å². The van der Waals surface area contributed by atoms with E-state index in [2.05, 4.69) is 4.98 Å². The van der Waals surface area contributed by atoms with Crippen LogP contribution in [0.15, 0.2) is 47.5 Å². The molecule has 1 aromatic carbocycles. The predicted molar refractivity (Wildman–Crippen MR) is 63.4 cm³/mol. The minimum absolute atomic E-state index is 0.408. The first-order valence-electron chi connectivity index (χ1n) is 4.81. The monoisotopic (exact) mass is 233 g/mol. The van der Waals surface area contributed by atoms with Crippen LogP contribution in [0.3, 0.4) is 0 Å². The number of aryl methyl sites for hydroxylation is 1. The molecule has 0 fully saturated rings. The molecule has 2 rings (SSSR count). The number of hydrogen-bond acceptors (Lipinski definition) is 2. The molecule has 3 nitrogen and oxygen atoms in total. The van der Waals surface area contributed by atoms with Crippen molar-refractivity contribution in [2.75, 3.05) is 0 Å². The normalized spacial score (nSPS) is 12.4. The Labute approximate surface area is 96.5 Å². The minimum Gasteiger partial charge on any atom is -0.302 e. The van der Waals surface area contributed by atoms with E-state index in [0.717, 1.165) is 16.8 Å².